The van der Waals surface area contributed by atoms with Crippen LogP contribution in [-0.2, 0) is 10.2 Å². The van der Waals surface area contributed by atoms with E-state index in [1.165, 1.54) is 5.56 Å². The Labute approximate surface area is 166 Å². The third-order valence-electron chi connectivity index (χ3n) is 4.71. The molecule has 3 rings (SSSR count). The minimum absolute atomic E-state index is 0.0112. The van der Waals surface area contributed by atoms with Crippen molar-refractivity contribution in [3.05, 3.63) is 47.7 Å². The van der Waals surface area contributed by atoms with Crippen molar-refractivity contribution in [1.82, 2.24) is 20.4 Å². The maximum absolute atomic E-state index is 12.3. The number of rotatable bonds is 6. The zero-order valence-electron chi connectivity index (χ0n) is 16.9. The number of ether oxygens (including phenoxy) is 1. The maximum Gasteiger partial charge on any atom is 0.271 e. The van der Waals surface area contributed by atoms with E-state index in [0.29, 0.717) is 18.1 Å². The van der Waals surface area contributed by atoms with Crippen LogP contribution >= 0.6 is 0 Å². The van der Waals surface area contributed by atoms with Gasteiger partial charge in [0, 0.05) is 31.9 Å². The molecule has 1 amide bonds. The molecule has 1 aromatic carbocycles. The summed E-state index contributed by atoms with van der Waals surface area (Å²) in [5.41, 5.74) is 2.52. The molecule has 0 aliphatic carbocycles. The zero-order chi connectivity index (χ0) is 20.0. The van der Waals surface area contributed by atoms with Crippen LogP contribution in [0.5, 0.6) is 0 Å². The zero-order valence-corrected chi connectivity index (χ0v) is 16.9. The number of hydrogen-bond donors (Lipinski definition) is 2. The lowest BCUT2D eigenvalue weighted by Gasteiger charge is -2.26. The van der Waals surface area contributed by atoms with Crippen molar-refractivity contribution in [2.45, 2.75) is 26.2 Å². The molecule has 1 aliphatic heterocycles. The molecule has 7 heteroatoms. The third kappa shape index (κ3) is 5.50. The van der Waals surface area contributed by atoms with E-state index < -0.39 is 0 Å². The van der Waals surface area contributed by atoms with Crippen LogP contribution in [0.15, 0.2) is 36.4 Å². The largest absolute Gasteiger partial charge is 0.379 e. The molecule has 2 aromatic rings. The van der Waals surface area contributed by atoms with Crippen LogP contribution < -0.4 is 10.6 Å². The summed E-state index contributed by atoms with van der Waals surface area (Å²) in [5.74, 6) is 0.406. The van der Waals surface area contributed by atoms with Gasteiger partial charge in [-0.25, -0.2) is 0 Å². The predicted molar refractivity (Wildman–Crippen MR) is 110 cm³/mol. The third-order valence-corrected chi connectivity index (χ3v) is 4.71. The fourth-order valence-electron chi connectivity index (χ4n) is 3.15. The van der Waals surface area contributed by atoms with Crippen molar-refractivity contribution in [2.75, 3.05) is 44.7 Å². The molecule has 0 spiro atoms. The second-order valence-electron chi connectivity index (χ2n) is 7.93. The Kier molecular flexibility index (Phi) is 6.59. The first-order valence-electron chi connectivity index (χ1n) is 9.72. The molecule has 1 saturated heterocycles. The van der Waals surface area contributed by atoms with E-state index >= 15 is 0 Å². The van der Waals surface area contributed by atoms with Crippen LogP contribution in [0, 0.1) is 0 Å². The smallest absolute Gasteiger partial charge is 0.271 e. The van der Waals surface area contributed by atoms with E-state index in [1.54, 1.807) is 12.1 Å². The summed E-state index contributed by atoms with van der Waals surface area (Å²) in [5, 5.41) is 14.4. The Morgan fingerprint density at radius 1 is 1.11 bits per heavy atom. The quantitative estimate of drug-likeness (QED) is 0.798. The fourth-order valence-corrected chi connectivity index (χ4v) is 3.15. The number of nitrogens with zero attached hydrogens (tertiary/aromatic N) is 3. The molecule has 28 heavy (non-hydrogen) atoms. The average Bonchev–Trinajstić information content (AvgIpc) is 2.69. The number of nitrogens with one attached hydrogen (secondary N) is 2. The van der Waals surface area contributed by atoms with Crippen LogP contribution in [0.4, 0.5) is 11.5 Å². The van der Waals surface area contributed by atoms with Gasteiger partial charge < -0.3 is 15.4 Å². The van der Waals surface area contributed by atoms with E-state index in [1.807, 2.05) is 18.2 Å². The minimum atomic E-state index is -0.206. The molecular formula is C21H29N5O2. The molecule has 2 heterocycles. The number of anilines is 2. The number of amides is 1. The molecule has 7 nitrogen and oxygen atoms in total. The van der Waals surface area contributed by atoms with Crippen molar-refractivity contribution in [3.63, 3.8) is 0 Å². The monoisotopic (exact) mass is 383 g/mol. The molecule has 0 saturated carbocycles. The topological polar surface area (TPSA) is 79.4 Å². The summed E-state index contributed by atoms with van der Waals surface area (Å²) in [7, 11) is 0. The summed E-state index contributed by atoms with van der Waals surface area (Å²) in [4.78, 5) is 14.5. The van der Waals surface area contributed by atoms with Gasteiger partial charge in [0.1, 0.15) is 0 Å². The molecular weight excluding hydrogens is 354 g/mol. The first kappa shape index (κ1) is 20.2. The number of para-hydroxylation sites is 1. The van der Waals surface area contributed by atoms with Crippen LogP contribution in [0.25, 0.3) is 0 Å². The van der Waals surface area contributed by atoms with E-state index in [9.17, 15) is 4.79 Å². The second kappa shape index (κ2) is 9.12. The number of carbonyl (C=O) groups excluding carboxylic acids is 1. The van der Waals surface area contributed by atoms with Gasteiger partial charge in [0.25, 0.3) is 5.91 Å². The highest BCUT2D eigenvalue weighted by Gasteiger charge is 2.18. The summed E-state index contributed by atoms with van der Waals surface area (Å²) in [6, 6.07) is 11.6. The van der Waals surface area contributed by atoms with Gasteiger partial charge in [-0.3, -0.25) is 9.69 Å². The van der Waals surface area contributed by atoms with Gasteiger partial charge >= 0.3 is 0 Å². The van der Waals surface area contributed by atoms with Crippen molar-refractivity contribution in [3.8, 4) is 0 Å². The van der Waals surface area contributed by atoms with Gasteiger partial charge in [-0.15, -0.1) is 10.2 Å². The Hall–Kier alpha value is -2.51. The summed E-state index contributed by atoms with van der Waals surface area (Å²) >= 11 is 0. The van der Waals surface area contributed by atoms with Crippen molar-refractivity contribution in [1.29, 1.82) is 0 Å². The van der Waals surface area contributed by atoms with E-state index in [-0.39, 0.29) is 11.3 Å². The Morgan fingerprint density at radius 2 is 1.86 bits per heavy atom. The van der Waals surface area contributed by atoms with Gasteiger partial charge in [0.05, 0.1) is 13.2 Å². The minimum Gasteiger partial charge on any atom is -0.379 e. The Morgan fingerprint density at radius 3 is 2.54 bits per heavy atom. The first-order chi connectivity index (χ1) is 13.4. The van der Waals surface area contributed by atoms with Crippen LogP contribution in [0.2, 0.25) is 0 Å². The Balaban J connectivity index is 1.55. The molecule has 0 radical (unpaired) electrons. The molecule has 0 bridgehead atoms. The van der Waals surface area contributed by atoms with Gasteiger partial charge in [0.15, 0.2) is 11.5 Å². The first-order valence-corrected chi connectivity index (χ1v) is 9.72. The van der Waals surface area contributed by atoms with Crippen molar-refractivity contribution >= 4 is 17.4 Å². The molecule has 1 aliphatic rings. The number of carbonyl (C=O) groups is 1. The number of aromatic nitrogens is 2. The highest BCUT2D eigenvalue weighted by atomic mass is 16.5. The SMILES string of the molecule is CC(C)(C)c1ccccc1Nc1ccc(C(=O)NCCN2CCOCC2)nn1. The molecule has 150 valence electrons. The standard InChI is InChI=1S/C21H29N5O2/c1-21(2,3)16-6-4-5-7-17(16)23-19-9-8-18(24-25-19)20(27)22-10-11-26-12-14-28-15-13-26/h4-9H,10-15H2,1-3H3,(H,22,27)(H,23,25). The highest BCUT2D eigenvalue weighted by Crippen LogP contribution is 2.30. The predicted octanol–water partition coefficient (Wildman–Crippen LogP) is 2.58. The maximum atomic E-state index is 12.3. The molecule has 1 aromatic heterocycles. The highest BCUT2D eigenvalue weighted by molar-refractivity contribution is 5.92. The molecule has 0 atom stereocenters. The van der Waals surface area contributed by atoms with Crippen molar-refractivity contribution < 1.29 is 9.53 Å². The average molecular weight is 383 g/mol. The lowest BCUT2D eigenvalue weighted by molar-refractivity contribution is 0.0383. The van der Waals surface area contributed by atoms with Crippen LogP contribution in [-0.4, -0.2) is 60.4 Å². The summed E-state index contributed by atoms with van der Waals surface area (Å²) in [6.07, 6.45) is 0. The number of morpholine rings is 1. The van der Waals surface area contributed by atoms with E-state index in [4.69, 9.17) is 4.74 Å². The number of hydrogen-bond acceptors (Lipinski definition) is 6. The van der Waals surface area contributed by atoms with Gasteiger partial charge in [-0.2, -0.15) is 0 Å². The lowest BCUT2D eigenvalue weighted by Crippen LogP contribution is -2.41. The van der Waals surface area contributed by atoms with E-state index in [2.05, 4.69) is 52.6 Å². The lowest BCUT2D eigenvalue weighted by atomic mass is 9.86. The summed E-state index contributed by atoms with van der Waals surface area (Å²) < 4.78 is 5.32. The summed E-state index contributed by atoms with van der Waals surface area (Å²) in [6.45, 7) is 11.2. The Bertz CT molecular complexity index is 780. The van der Waals surface area contributed by atoms with Gasteiger partial charge in [-0.1, -0.05) is 39.0 Å². The van der Waals surface area contributed by atoms with Gasteiger partial charge in [-0.05, 0) is 29.2 Å². The molecule has 0 unspecified atom stereocenters. The molecule has 1 fully saturated rings. The van der Waals surface area contributed by atoms with Crippen LogP contribution in [0.3, 0.4) is 0 Å². The van der Waals surface area contributed by atoms with Crippen LogP contribution in [0.1, 0.15) is 36.8 Å². The second-order valence-corrected chi connectivity index (χ2v) is 7.93. The molecule has 2 N–H and O–H groups in total. The van der Waals surface area contributed by atoms with Crippen molar-refractivity contribution in [2.24, 2.45) is 0 Å². The van der Waals surface area contributed by atoms with E-state index in [0.717, 1.165) is 38.5 Å². The van der Waals surface area contributed by atoms with Gasteiger partial charge in [0.2, 0.25) is 0 Å². The number of benzene rings is 1. The normalized spacial score (nSPS) is 15.2. The fraction of sp³-hybridized carbons (Fsp3) is 0.476.